The van der Waals surface area contributed by atoms with E-state index in [0.717, 1.165) is 32.6 Å². The molecule has 0 saturated carbocycles. The van der Waals surface area contributed by atoms with Crippen molar-refractivity contribution in [3.63, 3.8) is 0 Å². The van der Waals surface area contributed by atoms with Gasteiger partial charge in [-0.25, -0.2) is 9.97 Å². The predicted molar refractivity (Wildman–Crippen MR) is 115 cm³/mol. The smallest absolute Gasteiger partial charge is 0.116 e. The molecule has 0 aliphatic carbocycles. The molecule has 2 nitrogen and oxygen atoms in total. The molecule has 0 atom stereocenters. The molecule has 0 amide bonds. The van der Waals surface area contributed by atoms with E-state index in [1.807, 2.05) is 29.6 Å². The van der Waals surface area contributed by atoms with Crippen molar-refractivity contribution < 1.29 is 0 Å². The maximum absolute atomic E-state index is 6.38. The number of hydrogen-bond donors (Lipinski definition) is 0. The lowest BCUT2D eigenvalue weighted by Gasteiger charge is -2.07. The summed E-state index contributed by atoms with van der Waals surface area (Å²) in [5, 5.41) is 3.97. The molecular weight excluding hydrogens is 430 g/mol. The molecular formula is C19H12Cl4N2S. The average molecular weight is 442 g/mol. The molecule has 26 heavy (non-hydrogen) atoms. The van der Waals surface area contributed by atoms with Crippen molar-refractivity contribution in [1.29, 1.82) is 0 Å². The first-order chi connectivity index (χ1) is 12.1. The largest absolute Gasteiger partial charge is 0.235 e. The van der Waals surface area contributed by atoms with E-state index in [9.17, 15) is 0 Å². The van der Waals surface area contributed by atoms with E-state index < -0.39 is 0 Å². The second-order valence-corrected chi connectivity index (χ2v) is 7.70. The number of nitrogens with zero attached hydrogens (tertiary/aromatic N) is 2. The van der Waals surface area contributed by atoms with E-state index in [-0.39, 0.29) is 7.43 Å². The summed E-state index contributed by atoms with van der Waals surface area (Å²) in [7, 11) is 0. The predicted octanol–water partition coefficient (Wildman–Crippen LogP) is 8.28. The van der Waals surface area contributed by atoms with Gasteiger partial charge in [-0.05, 0) is 12.1 Å². The Bertz CT molecular complexity index is 1110. The second-order valence-electron chi connectivity index (χ2n) is 5.25. The maximum Gasteiger partial charge on any atom is 0.116 e. The van der Waals surface area contributed by atoms with E-state index in [2.05, 4.69) is 9.97 Å². The van der Waals surface area contributed by atoms with Crippen molar-refractivity contribution in [3.05, 3.63) is 68.2 Å². The lowest BCUT2D eigenvalue weighted by atomic mass is 10.1. The Kier molecular flexibility index (Phi) is 5.75. The van der Waals surface area contributed by atoms with Crippen LogP contribution in [0.5, 0.6) is 0 Å². The molecule has 0 spiro atoms. The molecule has 0 radical (unpaired) electrons. The summed E-state index contributed by atoms with van der Waals surface area (Å²) in [6.45, 7) is 0. The monoisotopic (exact) mass is 440 g/mol. The van der Waals surface area contributed by atoms with Gasteiger partial charge in [0, 0.05) is 22.1 Å². The van der Waals surface area contributed by atoms with E-state index in [0.29, 0.717) is 20.1 Å². The molecule has 4 aromatic rings. The summed E-state index contributed by atoms with van der Waals surface area (Å²) in [5.74, 6) is 0. The molecule has 2 aromatic carbocycles. The van der Waals surface area contributed by atoms with Crippen LogP contribution in [-0.4, -0.2) is 9.97 Å². The molecule has 0 aliphatic heterocycles. The molecule has 0 aliphatic rings. The summed E-state index contributed by atoms with van der Waals surface area (Å²) in [6.07, 6.45) is 1.52. The van der Waals surface area contributed by atoms with E-state index in [4.69, 9.17) is 46.4 Å². The first-order valence-corrected chi connectivity index (χ1v) is 9.58. The summed E-state index contributed by atoms with van der Waals surface area (Å²) in [4.78, 5) is 8.87. The number of fused-ring (bicyclic) bond motifs is 1. The fraction of sp³-hybridized carbons (Fsp3) is 0.0526. The Hall–Kier alpha value is -1.36. The minimum Gasteiger partial charge on any atom is -0.235 e. The zero-order chi connectivity index (χ0) is 17.6. The third kappa shape index (κ3) is 3.19. The van der Waals surface area contributed by atoms with Crippen molar-refractivity contribution in [2.45, 2.75) is 7.43 Å². The van der Waals surface area contributed by atoms with Gasteiger partial charge in [-0.2, -0.15) is 0 Å². The first-order valence-electron chi connectivity index (χ1n) is 7.19. The number of rotatable bonds is 2. The van der Waals surface area contributed by atoms with Crippen molar-refractivity contribution in [1.82, 2.24) is 9.97 Å². The SMILES string of the molecule is C.Clc1cccc(-c2csc3c(-c4cccc(Cl)c4Cl)ncnc23)c1Cl. The van der Waals surface area contributed by atoms with Crippen molar-refractivity contribution in [2.75, 3.05) is 0 Å². The quantitative estimate of drug-likeness (QED) is 0.312. The van der Waals surface area contributed by atoms with Crippen LogP contribution in [0, 0.1) is 0 Å². The topological polar surface area (TPSA) is 25.8 Å². The van der Waals surface area contributed by atoms with Gasteiger partial charge < -0.3 is 0 Å². The Morgan fingerprint density at radius 1 is 0.731 bits per heavy atom. The van der Waals surface area contributed by atoms with E-state index >= 15 is 0 Å². The molecule has 4 rings (SSSR count). The third-order valence-electron chi connectivity index (χ3n) is 3.80. The van der Waals surface area contributed by atoms with Crippen LogP contribution in [0.3, 0.4) is 0 Å². The van der Waals surface area contributed by atoms with Crippen molar-refractivity contribution >= 4 is 68.0 Å². The maximum atomic E-state index is 6.38. The lowest BCUT2D eigenvalue weighted by Crippen LogP contribution is -1.89. The highest BCUT2D eigenvalue weighted by Crippen LogP contribution is 2.43. The first kappa shape index (κ1) is 19.4. The molecule has 0 fully saturated rings. The van der Waals surface area contributed by atoms with Gasteiger partial charge in [-0.15, -0.1) is 11.3 Å². The van der Waals surface area contributed by atoms with Crippen molar-refractivity contribution in [2.24, 2.45) is 0 Å². The number of aromatic nitrogens is 2. The number of hydrogen-bond acceptors (Lipinski definition) is 3. The minimum atomic E-state index is 0. The van der Waals surface area contributed by atoms with Gasteiger partial charge >= 0.3 is 0 Å². The van der Waals surface area contributed by atoms with Crippen LogP contribution in [0.25, 0.3) is 32.6 Å². The molecule has 2 heterocycles. The van der Waals surface area contributed by atoms with Gasteiger partial charge in [0.1, 0.15) is 6.33 Å². The average Bonchev–Trinajstić information content (AvgIpc) is 3.04. The molecule has 132 valence electrons. The van der Waals surface area contributed by atoms with Gasteiger partial charge in [0.15, 0.2) is 0 Å². The van der Waals surface area contributed by atoms with Gasteiger partial charge in [0.05, 0.1) is 36.0 Å². The Morgan fingerprint density at radius 3 is 2.04 bits per heavy atom. The van der Waals surface area contributed by atoms with Crippen LogP contribution in [0.15, 0.2) is 48.1 Å². The highest BCUT2D eigenvalue weighted by atomic mass is 35.5. The molecule has 0 bridgehead atoms. The molecule has 0 N–H and O–H groups in total. The number of thiophene rings is 1. The Labute approximate surface area is 175 Å². The summed E-state index contributed by atoms with van der Waals surface area (Å²) in [5.41, 5.74) is 4.06. The molecule has 7 heteroatoms. The highest BCUT2D eigenvalue weighted by molar-refractivity contribution is 7.18. The number of halogens is 4. The zero-order valence-electron chi connectivity index (χ0n) is 12.4. The zero-order valence-corrected chi connectivity index (χ0v) is 16.3. The highest BCUT2D eigenvalue weighted by Gasteiger charge is 2.18. The van der Waals surface area contributed by atoms with Crippen LogP contribution in [0.2, 0.25) is 20.1 Å². The minimum absolute atomic E-state index is 0. The van der Waals surface area contributed by atoms with Gasteiger partial charge in [-0.1, -0.05) is 78.1 Å². The van der Waals surface area contributed by atoms with Gasteiger partial charge in [-0.3, -0.25) is 0 Å². The van der Waals surface area contributed by atoms with Crippen LogP contribution in [0.4, 0.5) is 0 Å². The summed E-state index contributed by atoms with van der Waals surface area (Å²) in [6, 6.07) is 11.0. The Morgan fingerprint density at radius 2 is 1.35 bits per heavy atom. The molecule has 2 aromatic heterocycles. The van der Waals surface area contributed by atoms with E-state index in [1.54, 1.807) is 12.1 Å². The van der Waals surface area contributed by atoms with Crippen molar-refractivity contribution in [3.8, 4) is 22.4 Å². The fourth-order valence-corrected chi connectivity index (χ4v) is 4.45. The normalized spacial score (nSPS) is 10.8. The van der Waals surface area contributed by atoms with E-state index in [1.165, 1.54) is 17.7 Å². The fourth-order valence-electron chi connectivity index (χ4n) is 2.63. The van der Waals surface area contributed by atoms with Crippen LogP contribution in [0.1, 0.15) is 7.43 Å². The summed E-state index contributed by atoms with van der Waals surface area (Å²) >= 11 is 26.6. The Balaban J connectivity index is 0.00000196. The van der Waals surface area contributed by atoms with Crippen LogP contribution >= 0.6 is 57.7 Å². The van der Waals surface area contributed by atoms with Crippen LogP contribution in [-0.2, 0) is 0 Å². The van der Waals surface area contributed by atoms with Crippen LogP contribution < -0.4 is 0 Å². The molecule has 0 unspecified atom stereocenters. The summed E-state index contributed by atoms with van der Waals surface area (Å²) < 4.78 is 0.915. The second kappa shape index (κ2) is 7.71. The lowest BCUT2D eigenvalue weighted by molar-refractivity contribution is 1.23. The van der Waals surface area contributed by atoms with Gasteiger partial charge in [0.2, 0.25) is 0 Å². The number of benzene rings is 2. The van der Waals surface area contributed by atoms with Gasteiger partial charge in [0.25, 0.3) is 0 Å². The molecule has 0 saturated heterocycles. The third-order valence-corrected chi connectivity index (χ3v) is 6.42. The standard InChI is InChI=1S/C18H8Cl4N2S.CH4/c19-12-5-1-3-9(14(12)21)11-7-25-18-16(23-8-24-17(11)18)10-4-2-6-13(20)15(10)22;/h1-8H;1H4.